The van der Waals surface area contributed by atoms with Gasteiger partial charge in [-0.05, 0) is 19.4 Å². The zero-order valence-corrected chi connectivity index (χ0v) is 17.4. The van der Waals surface area contributed by atoms with E-state index in [1.165, 1.54) is 5.01 Å². The van der Waals surface area contributed by atoms with Gasteiger partial charge in [-0.2, -0.15) is 4.89 Å². The number of β-lactam (4-membered cyclic amide) rings is 1. The summed E-state index contributed by atoms with van der Waals surface area (Å²) in [6.07, 6.45) is -1.76. The highest BCUT2D eigenvalue weighted by Gasteiger charge is 2.60. The molecule has 0 spiro atoms. The quantitative estimate of drug-likeness (QED) is 0.543. The normalized spacial score (nSPS) is 32.6. The SMILES string of the molecule is CC1(C)OC[C@H](C2C(OCc3ccccc3)C(=O)N2N2OOC(C(C)(C)C)O2)O1. The molecule has 4 rings (SSSR count). The summed E-state index contributed by atoms with van der Waals surface area (Å²) in [5.41, 5.74) is 0.641. The third kappa shape index (κ3) is 4.17. The predicted molar refractivity (Wildman–Crippen MR) is 98.9 cm³/mol. The Morgan fingerprint density at radius 1 is 1.21 bits per heavy atom. The number of rotatable bonds is 5. The molecule has 0 aromatic heterocycles. The molecular weight excluding hydrogens is 380 g/mol. The molecule has 3 unspecified atom stereocenters. The standard InChI is InChI=1S/C20H28N2O7/c1-19(2,3)18-27-22(29-28-18)21-15(14-12-25-20(4,5)26-14)16(17(21)23)24-11-13-9-7-6-8-10-13/h6-10,14-16,18H,11-12H2,1-5H3/t14-,15?,16?,18?/m1/s1. The smallest absolute Gasteiger partial charge is 0.272 e. The number of hydrogen-bond acceptors (Lipinski definition) is 8. The number of hydrazine groups is 1. The third-order valence-corrected chi connectivity index (χ3v) is 5.01. The highest BCUT2D eigenvalue weighted by atomic mass is 17.4. The van der Waals surface area contributed by atoms with Crippen molar-refractivity contribution in [3.05, 3.63) is 35.9 Å². The van der Waals surface area contributed by atoms with Crippen LogP contribution in [-0.2, 0) is 40.3 Å². The summed E-state index contributed by atoms with van der Waals surface area (Å²) >= 11 is 0. The zero-order valence-electron chi connectivity index (χ0n) is 17.4. The van der Waals surface area contributed by atoms with Crippen molar-refractivity contribution in [2.45, 2.75) is 71.6 Å². The van der Waals surface area contributed by atoms with Crippen LogP contribution >= 0.6 is 0 Å². The second-order valence-corrected chi connectivity index (χ2v) is 8.97. The minimum Gasteiger partial charge on any atom is -0.361 e. The lowest BCUT2D eigenvalue weighted by Gasteiger charge is -2.48. The molecule has 9 heteroatoms. The van der Waals surface area contributed by atoms with E-state index in [-0.39, 0.29) is 11.3 Å². The maximum Gasteiger partial charge on any atom is 0.272 e. The molecule has 3 fully saturated rings. The molecule has 3 saturated heterocycles. The molecule has 0 aliphatic carbocycles. The molecule has 1 amide bonds. The fraction of sp³-hybridized carbons (Fsp3) is 0.650. The van der Waals surface area contributed by atoms with Gasteiger partial charge in [0.05, 0.1) is 18.5 Å². The van der Waals surface area contributed by atoms with E-state index in [2.05, 4.69) is 0 Å². The second-order valence-electron chi connectivity index (χ2n) is 8.97. The van der Waals surface area contributed by atoms with E-state index in [9.17, 15) is 4.79 Å². The minimum absolute atomic E-state index is 0.294. The van der Waals surface area contributed by atoms with E-state index in [1.807, 2.05) is 65.0 Å². The monoisotopic (exact) mass is 408 g/mol. The van der Waals surface area contributed by atoms with Crippen molar-refractivity contribution in [1.29, 1.82) is 0 Å². The summed E-state index contributed by atoms with van der Waals surface area (Å²) in [4.78, 5) is 29.0. The van der Waals surface area contributed by atoms with Crippen LogP contribution in [0.5, 0.6) is 0 Å². The summed E-state index contributed by atoms with van der Waals surface area (Å²) in [6.45, 7) is 10.1. The zero-order chi connectivity index (χ0) is 20.8. The average molecular weight is 408 g/mol. The number of amides is 1. The van der Waals surface area contributed by atoms with Crippen molar-refractivity contribution in [3.8, 4) is 0 Å². The van der Waals surface area contributed by atoms with Gasteiger partial charge in [0, 0.05) is 5.41 Å². The van der Waals surface area contributed by atoms with Gasteiger partial charge in [-0.25, -0.2) is 9.85 Å². The maximum absolute atomic E-state index is 12.9. The first-order valence-electron chi connectivity index (χ1n) is 9.76. The first-order valence-corrected chi connectivity index (χ1v) is 9.76. The van der Waals surface area contributed by atoms with E-state index >= 15 is 0 Å². The van der Waals surface area contributed by atoms with Crippen molar-refractivity contribution < 1.29 is 33.7 Å². The summed E-state index contributed by atoms with van der Waals surface area (Å²) in [6, 6.07) is 9.21. The van der Waals surface area contributed by atoms with Crippen molar-refractivity contribution in [1.82, 2.24) is 10.3 Å². The molecule has 9 nitrogen and oxygen atoms in total. The van der Waals surface area contributed by atoms with Gasteiger partial charge in [-0.3, -0.25) is 4.79 Å². The fourth-order valence-corrected chi connectivity index (χ4v) is 3.41. The molecule has 0 N–H and O–H groups in total. The molecule has 0 bridgehead atoms. The molecule has 3 heterocycles. The topological polar surface area (TPSA) is 78.9 Å². The van der Waals surface area contributed by atoms with Crippen molar-refractivity contribution in [3.63, 3.8) is 0 Å². The van der Waals surface area contributed by atoms with Gasteiger partial charge >= 0.3 is 0 Å². The Hall–Kier alpha value is -1.59. The molecule has 160 valence electrons. The number of carbonyl (C=O) groups is 1. The van der Waals surface area contributed by atoms with Crippen molar-refractivity contribution >= 4 is 5.91 Å². The molecule has 4 atom stereocenters. The lowest BCUT2D eigenvalue weighted by molar-refractivity contribution is -0.494. The highest BCUT2D eigenvalue weighted by molar-refractivity contribution is 5.88. The highest BCUT2D eigenvalue weighted by Crippen LogP contribution is 2.39. The minimum atomic E-state index is -0.740. The lowest BCUT2D eigenvalue weighted by atomic mass is 9.95. The van der Waals surface area contributed by atoms with Gasteiger partial charge in [0.1, 0.15) is 12.1 Å². The van der Waals surface area contributed by atoms with Gasteiger partial charge < -0.3 is 14.2 Å². The number of carbonyl (C=O) groups excluding carboxylic acids is 1. The largest absolute Gasteiger partial charge is 0.361 e. The lowest BCUT2D eigenvalue weighted by Crippen LogP contribution is -2.74. The van der Waals surface area contributed by atoms with Crippen LogP contribution in [0.25, 0.3) is 0 Å². The number of nitrogens with zero attached hydrogens (tertiary/aromatic N) is 2. The van der Waals surface area contributed by atoms with E-state index in [1.54, 1.807) is 0 Å². The van der Waals surface area contributed by atoms with Crippen molar-refractivity contribution in [2.24, 2.45) is 5.41 Å². The summed E-state index contributed by atoms with van der Waals surface area (Å²) < 4.78 is 17.6. The number of hydrogen-bond donors (Lipinski definition) is 0. The Morgan fingerprint density at radius 2 is 1.93 bits per heavy atom. The Bertz CT molecular complexity index is 736. The predicted octanol–water partition coefficient (Wildman–Crippen LogP) is 2.33. The Balaban J connectivity index is 1.48. The van der Waals surface area contributed by atoms with Crippen LogP contribution in [0.3, 0.4) is 0 Å². The van der Waals surface area contributed by atoms with Crippen LogP contribution < -0.4 is 0 Å². The molecule has 3 aliphatic heterocycles. The van der Waals surface area contributed by atoms with E-state index in [0.29, 0.717) is 13.2 Å². The van der Waals surface area contributed by atoms with Crippen LogP contribution in [0, 0.1) is 5.41 Å². The molecule has 29 heavy (non-hydrogen) atoms. The first-order chi connectivity index (χ1) is 13.7. The Morgan fingerprint density at radius 3 is 2.52 bits per heavy atom. The van der Waals surface area contributed by atoms with Crippen LogP contribution in [0.2, 0.25) is 0 Å². The molecule has 0 radical (unpaired) electrons. The molecule has 1 aromatic carbocycles. The fourth-order valence-electron chi connectivity index (χ4n) is 3.41. The summed E-state index contributed by atoms with van der Waals surface area (Å²) in [7, 11) is 0. The van der Waals surface area contributed by atoms with Gasteiger partial charge in [-0.15, -0.1) is 0 Å². The van der Waals surface area contributed by atoms with Crippen LogP contribution in [0.15, 0.2) is 30.3 Å². The van der Waals surface area contributed by atoms with E-state index < -0.39 is 30.3 Å². The molecular formula is C20H28N2O7. The summed E-state index contributed by atoms with van der Waals surface area (Å²) in [5, 5.41) is 2.32. The second kappa shape index (κ2) is 7.59. The first kappa shape index (κ1) is 20.7. The molecule has 0 saturated carbocycles. The van der Waals surface area contributed by atoms with E-state index in [4.69, 9.17) is 28.9 Å². The molecule has 1 aromatic rings. The maximum atomic E-state index is 12.9. The van der Waals surface area contributed by atoms with E-state index in [0.717, 1.165) is 10.9 Å². The average Bonchev–Trinajstić information content (AvgIpc) is 3.27. The number of ether oxygens (including phenoxy) is 3. The Labute approximate surface area is 170 Å². The molecule has 3 aliphatic rings. The summed E-state index contributed by atoms with van der Waals surface area (Å²) in [5.74, 6) is -1.03. The third-order valence-electron chi connectivity index (χ3n) is 5.01. The van der Waals surface area contributed by atoms with Gasteiger partial charge in [0.25, 0.3) is 5.91 Å². The Kier molecular flexibility index (Phi) is 5.41. The van der Waals surface area contributed by atoms with Crippen molar-refractivity contribution in [2.75, 3.05) is 6.61 Å². The van der Waals surface area contributed by atoms with Gasteiger partial charge in [-0.1, -0.05) is 56.1 Å². The van der Waals surface area contributed by atoms with Gasteiger partial charge in [0.15, 0.2) is 11.9 Å². The number of benzene rings is 1. The van der Waals surface area contributed by atoms with Crippen LogP contribution in [0.4, 0.5) is 0 Å². The van der Waals surface area contributed by atoms with Gasteiger partial charge in [0.2, 0.25) is 6.29 Å². The van der Waals surface area contributed by atoms with Crippen LogP contribution in [0.1, 0.15) is 40.2 Å². The van der Waals surface area contributed by atoms with Crippen LogP contribution in [-0.4, -0.2) is 53.2 Å².